The van der Waals surface area contributed by atoms with Crippen LogP contribution in [-0.4, -0.2) is 67.4 Å². The molecule has 1 aliphatic heterocycles. The van der Waals surface area contributed by atoms with Crippen LogP contribution in [0.1, 0.15) is 6.42 Å². The number of hydrogen-bond acceptors (Lipinski definition) is 7. The minimum atomic E-state index is -3.52. The van der Waals surface area contributed by atoms with Crippen molar-refractivity contribution in [3.05, 3.63) is 47.5 Å². The van der Waals surface area contributed by atoms with E-state index in [9.17, 15) is 12.8 Å². The fourth-order valence-corrected chi connectivity index (χ4v) is 4.88. The third-order valence-electron chi connectivity index (χ3n) is 5.31. The highest BCUT2D eigenvalue weighted by Crippen LogP contribution is 2.37. The standard InChI is InChI=1S/C21H23ClFN5O4S/c1-27(2)33(29,30)28-8-7-13(11-28)32-19-9-14-17(10-18(19)31-3)24-12-25-21(14)26-16-6-4-5-15(22)20(16)23/h4-6,9-10,12-13H,7-8,11H2,1-3H3,(H,24,25,26). The first-order valence-electron chi connectivity index (χ1n) is 10.1. The maximum atomic E-state index is 14.4. The lowest BCUT2D eigenvalue weighted by molar-refractivity contribution is 0.205. The van der Waals surface area contributed by atoms with E-state index in [0.29, 0.717) is 41.2 Å². The van der Waals surface area contributed by atoms with Crippen LogP contribution in [-0.2, 0) is 10.2 Å². The highest BCUT2D eigenvalue weighted by Gasteiger charge is 2.34. The van der Waals surface area contributed by atoms with Crippen molar-refractivity contribution in [2.45, 2.75) is 12.5 Å². The Labute approximate surface area is 196 Å². The fraction of sp³-hybridized carbons (Fsp3) is 0.333. The van der Waals surface area contributed by atoms with E-state index in [1.165, 1.54) is 42.2 Å². The lowest BCUT2D eigenvalue weighted by Gasteiger charge is -2.21. The third kappa shape index (κ3) is 4.67. The molecule has 1 aromatic heterocycles. The van der Waals surface area contributed by atoms with Crippen LogP contribution < -0.4 is 14.8 Å². The number of nitrogens with one attached hydrogen (secondary N) is 1. The van der Waals surface area contributed by atoms with Gasteiger partial charge in [0.2, 0.25) is 0 Å². The van der Waals surface area contributed by atoms with E-state index >= 15 is 0 Å². The number of fused-ring (bicyclic) bond motifs is 1. The SMILES string of the molecule is COc1cc2ncnc(Nc3cccc(Cl)c3F)c2cc1OC1CCN(S(=O)(=O)N(C)C)C1. The summed E-state index contributed by atoms with van der Waals surface area (Å²) in [7, 11) is 0.972. The van der Waals surface area contributed by atoms with Gasteiger partial charge in [0.05, 0.1) is 29.9 Å². The predicted molar refractivity (Wildman–Crippen MR) is 124 cm³/mol. The lowest BCUT2D eigenvalue weighted by Crippen LogP contribution is -2.39. The number of halogens is 2. The molecule has 1 N–H and O–H groups in total. The minimum absolute atomic E-state index is 0.0116. The van der Waals surface area contributed by atoms with Gasteiger partial charge in [0.1, 0.15) is 18.2 Å². The Morgan fingerprint density at radius 2 is 2.03 bits per heavy atom. The van der Waals surface area contributed by atoms with E-state index in [1.54, 1.807) is 24.3 Å². The van der Waals surface area contributed by atoms with Crippen molar-refractivity contribution in [3.8, 4) is 11.5 Å². The van der Waals surface area contributed by atoms with E-state index < -0.39 is 16.0 Å². The molecule has 1 unspecified atom stereocenters. The summed E-state index contributed by atoms with van der Waals surface area (Å²) in [5.74, 6) is 0.611. The second kappa shape index (κ2) is 9.26. The lowest BCUT2D eigenvalue weighted by atomic mass is 10.2. The molecule has 1 fully saturated rings. The van der Waals surface area contributed by atoms with Gasteiger partial charge in [0.15, 0.2) is 17.3 Å². The van der Waals surface area contributed by atoms with Crippen molar-refractivity contribution in [3.63, 3.8) is 0 Å². The summed E-state index contributed by atoms with van der Waals surface area (Å²) in [5.41, 5.74) is 0.725. The molecule has 1 aliphatic rings. The summed E-state index contributed by atoms with van der Waals surface area (Å²) in [5, 5.41) is 3.51. The second-order valence-corrected chi connectivity index (χ2v) is 10.2. The molecular formula is C21H23ClFN5O4S. The van der Waals surface area contributed by atoms with Gasteiger partial charge < -0.3 is 14.8 Å². The Morgan fingerprint density at radius 1 is 1.24 bits per heavy atom. The molecule has 0 radical (unpaired) electrons. The molecule has 0 spiro atoms. The van der Waals surface area contributed by atoms with Crippen LogP contribution in [0.25, 0.3) is 10.9 Å². The van der Waals surface area contributed by atoms with Gasteiger partial charge in [-0.1, -0.05) is 17.7 Å². The Kier molecular flexibility index (Phi) is 6.57. The molecule has 176 valence electrons. The molecule has 1 saturated heterocycles. The zero-order chi connectivity index (χ0) is 23.8. The fourth-order valence-electron chi connectivity index (χ4n) is 3.56. The zero-order valence-electron chi connectivity index (χ0n) is 18.2. The first kappa shape index (κ1) is 23.4. The number of ether oxygens (including phenoxy) is 2. The number of aromatic nitrogens is 2. The Bertz CT molecular complexity index is 1290. The predicted octanol–water partition coefficient (Wildman–Crippen LogP) is 3.43. The maximum absolute atomic E-state index is 14.4. The van der Waals surface area contributed by atoms with Gasteiger partial charge in [0.25, 0.3) is 10.2 Å². The minimum Gasteiger partial charge on any atom is -0.493 e. The van der Waals surface area contributed by atoms with Gasteiger partial charge in [-0.05, 0) is 24.6 Å². The quantitative estimate of drug-likeness (QED) is 0.536. The van der Waals surface area contributed by atoms with Gasteiger partial charge >= 0.3 is 0 Å². The number of benzene rings is 2. The van der Waals surface area contributed by atoms with Gasteiger partial charge in [-0.2, -0.15) is 17.0 Å². The van der Waals surface area contributed by atoms with Crippen molar-refractivity contribution >= 4 is 44.2 Å². The molecule has 0 aliphatic carbocycles. The molecule has 33 heavy (non-hydrogen) atoms. The van der Waals surface area contributed by atoms with Gasteiger partial charge in [-0.3, -0.25) is 0 Å². The van der Waals surface area contributed by atoms with E-state index in [-0.39, 0.29) is 23.4 Å². The molecule has 2 heterocycles. The van der Waals surface area contributed by atoms with Crippen LogP contribution in [0, 0.1) is 5.82 Å². The first-order valence-corrected chi connectivity index (χ1v) is 11.9. The smallest absolute Gasteiger partial charge is 0.281 e. The summed E-state index contributed by atoms with van der Waals surface area (Å²) in [6, 6.07) is 8.02. The van der Waals surface area contributed by atoms with Crippen molar-refractivity contribution in [2.75, 3.05) is 39.6 Å². The maximum Gasteiger partial charge on any atom is 0.281 e. The third-order valence-corrected chi connectivity index (χ3v) is 7.51. The zero-order valence-corrected chi connectivity index (χ0v) is 19.8. The Hall–Kier alpha value is -2.73. The number of methoxy groups -OCH3 is 1. The van der Waals surface area contributed by atoms with Gasteiger partial charge in [-0.25, -0.2) is 14.4 Å². The average molecular weight is 496 g/mol. The molecule has 1 atom stereocenters. The summed E-state index contributed by atoms with van der Waals surface area (Å²) in [4.78, 5) is 8.51. The van der Waals surface area contributed by atoms with Crippen LogP contribution >= 0.6 is 11.6 Å². The largest absolute Gasteiger partial charge is 0.493 e. The van der Waals surface area contributed by atoms with Crippen LogP contribution in [0.2, 0.25) is 5.02 Å². The highest BCUT2D eigenvalue weighted by atomic mass is 35.5. The average Bonchev–Trinajstić information content (AvgIpc) is 3.26. The topological polar surface area (TPSA) is 96.9 Å². The Morgan fingerprint density at radius 3 is 2.76 bits per heavy atom. The monoisotopic (exact) mass is 495 g/mol. The molecule has 0 saturated carbocycles. The molecule has 3 aromatic rings. The molecule has 12 heteroatoms. The van der Waals surface area contributed by atoms with Crippen molar-refractivity contribution in [2.24, 2.45) is 0 Å². The van der Waals surface area contributed by atoms with E-state index in [4.69, 9.17) is 21.1 Å². The molecule has 0 amide bonds. The molecule has 9 nitrogen and oxygen atoms in total. The van der Waals surface area contributed by atoms with Crippen molar-refractivity contribution in [1.29, 1.82) is 0 Å². The molecule has 2 aromatic carbocycles. The second-order valence-electron chi connectivity index (χ2n) is 7.65. The summed E-state index contributed by atoms with van der Waals surface area (Å²) in [6.45, 7) is 0.566. The summed E-state index contributed by atoms with van der Waals surface area (Å²) >= 11 is 5.89. The van der Waals surface area contributed by atoms with E-state index in [0.717, 1.165) is 0 Å². The van der Waals surface area contributed by atoms with Crippen LogP contribution in [0.5, 0.6) is 11.5 Å². The first-order chi connectivity index (χ1) is 15.7. The number of nitrogens with zero attached hydrogens (tertiary/aromatic N) is 4. The normalized spacial score (nSPS) is 17.0. The molecule has 0 bridgehead atoms. The van der Waals surface area contributed by atoms with Crippen molar-refractivity contribution in [1.82, 2.24) is 18.6 Å². The van der Waals surface area contributed by atoms with E-state index in [2.05, 4.69) is 15.3 Å². The van der Waals surface area contributed by atoms with Crippen LogP contribution in [0.15, 0.2) is 36.7 Å². The van der Waals surface area contributed by atoms with Crippen LogP contribution in [0.3, 0.4) is 0 Å². The number of anilines is 2. The Balaban J connectivity index is 1.65. The molecule has 4 rings (SSSR count). The van der Waals surface area contributed by atoms with Gasteiger partial charge in [0, 0.05) is 32.1 Å². The van der Waals surface area contributed by atoms with E-state index in [1.807, 2.05) is 0 Å². The summed E-state index contributed by atoms with van der Waals surface area (Å²) < 4.78 is 53.4. The highest BCUT2D eigenvalue weighted by molar-refractivity contribution is 7.86. The van der Waals surface area contributed by atoms with Crippen LogP contribution in [0.4, 0.5) is 15.9 Å². The molecular weight excluding hydrogens is 473 g/mol. The number of hydrogen-bond donors (Lipinski definition) is 1. The summed E-state index contributed by atoms with van der Waals surface area (Å²) in [6.07, 6.45) is 1.52. The van der Waals surface area contributed by atoms with Crippen molar-refractivity contribution < 1.29 is 22.3 Å². The number of rotatable bonds is 7. The van der Waals surface area contributed by atoms with Gasteiger partial charge in [-0.15, -0.1) is 0 Å².